The minimum atomic E-state index is -0.938. The fourth-order valence-electron chi connectivity index (χ4n) is 3.09. The van der Waals surface area contributed by atoms with E-state index in [-0.39, 0.29) is 18.3 Å². The van der Waals surface area contributed by atoms with Gasteiger partial charge in [0.05, 0.1) is 13.3 Å². The van der Waals surface area contributed by atoms with Gasteiger partial charge in [-0.25, -0.2) is 5.43 Å². The van der Waals surface area contributed by atoms with Gasteiger partial charge in [0.15, 0.2) is 18.1 Å². The molecule has 0 aliphatic rings. The molecule has 0 atom stereocenters. The van der Waals surface area contributed by atoms with Crippen LogP contribution in [0, 0.1) is 13.8 Å². The number of carbonyl (C=O) groups is 3. The van der Waals surface area contributed by atoms with Crippen LogP contribution in [0.5, 0.6) is 11.5 Å². The third-order valence-corrected chi connectivity index (χ3v) is 4.97. The van der Waals surface area contributed by atoms with Gasteiger partial charge in [-0.2, -0.15) is 5.10 Å². The topological polar surface area (TPSA) is 118 Å². The highest BCUT2D eigenvalue weighted by atomic mass is 16.5. The number of nitrogens with one attached hydrogen (secondary N) is 3. The van der Waals surface area contributed by atoms with E-state index in [9.17, 15) is 14.4 Å². The SMILES string of the molecule is COc1cccc(/C=N\NC(=O)C(=O)Nc2ccccc2C)c1OCC(=O)Nc1ccccc1C. The van der Waals surface area contributed by atoms with E-state index in [4.69, 9.17) is 9.47 Å². The number of hydrogen-bond donors (Lipinski definition) is 3. The van der Waals surface area contributed by atoms with E-state index in [1.807, 2.05) is 44.2 Å². The lowest BCUT2D eigenvalue weighted by Crippen LogP contribution is -2.32. The van der Waals surface area contributed by atoms with Crippen LogP contribution in [0.2, 0.25) is 0 Å². The lowest BCUT2D eigenvalue weighted by atomic mass is 10.2. The first kappa shape index (κ1) is 25.0. The normalized spacial score (nSPS) is 10.5. The van der Waals surface area contributed by atoms with Crippen molar-refractivity contribution in [3.05, 3.63) is 83.4 Å². The number of para-hydroxylation sites is 3. The number of ether oxygens (including phenoxy) is 2. The quantitative estimate of drug-likeness (QED) is 0.263. The molecule has 3 amide bonds. The molecule has 0 aromatic heterocycles. The zero-order valence-corrected chi connectivity index (χ0v) is 19.6. The Labute approximate surface area is 203 Å². The second-order valence-electron chi connectivity index (χ2n) is 7.50. The van der Waals surface area contributed by atoms with E-state index < -0.39 is 11.8 Å². The maximum atomic E-state index is 12.4. The largest absolute Gasteiger partial charge is 0.493 e. The number of hydrogen-bond acceptors (Lipinski definition) is 6. The van der Waals surface area contributed by atoms with Crippen molar-refractivity contribution in [2.45, 2.75) is 13.8 Å². The Hall–Kier alpha value is -4.66. The molecule has 0 unspecified atom stereocenters. The van der Waals surface area contributed by atoms with E-state index in [0.717, 1.165) is 11.1 Å². The molecule has 0 saturated carbocycles. The standard InChI is InChI=1S/C26H26N4O5/c1-17-9-4-6-12-20(17)28-23(31)16-35-24-19(11-8-14-22(24)34-3)15-27-30-26(33)25(32)29-21-13-7-5-10-18(21)2/h4-15H,16H2,1-3H3,(H,28,31)(H,29,32)(H,30,33)/b27-15-. The number of nitrogens with zero attached hydrogens (tertiary/aromatic N) is 1. The third-order valence-electron chi connectivity index (χ3n) is 4.97. The fraction of sp³-hybridized carbons (Fsp3) is 0.154. The molecule has 180 valence electrons. The first-order chi connectivity index (χ1) is 16.9. The summed E-state index contributed by atoms with van der Waals surface area (Å²) < 4.78 is 11.0. The average Bonchev–Trinajstić information content (AvgIpc) is 2.85. The van der Waals surface area contributed by atoms with Crippen LogP contribution in [0.3, 0.4) is 0 Å². The molecular weight excluding hydrogens is 448 g/mol. The summed E-state index contributed by atoms with van der Waals surface area (Å²) in [6.07, 6.45) is 1.30. The highest BCUT2D eigenvalue weighted by Crippen LogP contribution is 2.30. The lowest BCUT2D eigenvalue weighted by Gasteiger charge is -2.13. The Morgan fingerprint density at radius 1 is 0.829 bits per heavy atom. The Balaban J connectivity index is 1.63. The van der Waals surface area contributed by atoms with E-state index >= 15 is 0 Å². The van der Waals surface area contributed by atoms with Crippen molar-refractivity contribution >= 4 is 35.3 Å². The van der Waals surface area contributed by atoms with Gasteiger partial charge in [-0.05, 0) is 49.2 Å². The Bertz CT molecular complexity index is 1260. The van der Waals surface area contributed by atoms with Crippen molar-refractivity contribution in [2.24, 2.45) is 5.10 Å². The lowest BCUT2D eigenvalue weighted by molar-refractivity contribution is -0.136. The van der Waals surface area contributed by atoms with Gasteiger partial charge < -0.3 is 20.1 Å². The Kier molecular flexibility index (Phi) is 8.55. The maximum Gasteiger partial charge on any atom is 0.329 e. The smallest absolute Gasteiger partial charge is 0.329 e. The summed E-state index contributed by atoms with van der Waals surface area (Å²) in [5.74, 6) is -1.51. The molecule has 0 aliphatic heterocycles. The molecule has 3 aromatic rings. The summed E-state index contributed by atoms with van der Waals surface area (Å²) in [5, 5.41) is 9.17. The number of methoxy groups -OCH3 is 1. The van der Waals surface area contributed by atoms with Crippen LogP contribution in [0.25, 0.3) is 0 Å². The monoisotopic (exact) mass is 474 g/mol. The Morgan fingerprint density at radius 3 is 2.09 bits per heavy atom. The first-order valence-electron chi connectivity index (χ1n) is 10.7. The van der Waals surface area contributed by atoms with Crippen molar-refractivity contribution in [1.82, 2.24) is 5.43 Å². The second kappa shape index (κ2) is 12.0. The minimum Gasteiger partial charge on any atom is -0.493 e. The van der Waals surface area contributed by atoms with E-state index in [0.29, 0.717) is 22.7 Å². The fourth-order valence-corrected chi connectivity index (χ4v) is 3.09. The molecular formula is C26H26N4O5. The summed E-state index contributed by atoms with van der Waals surface area (Å²) in [7, 11) is 1.47. The van der Waals surface area contributed by atoms with Crippen LogP contribution in [0.4, 0.5) is 11.4 Å². The first-order valence-corrected chi connectivity index (χ1v) is 10.7. The summed E-state index contributed by atoms with van der Waals surface area (Å²) in [6.45, 7) is 3.43. The van der Waals surface area contributed by atoms with E-state index in [2.05, 4.69) is 21.2 Å². The van der Waals surface area contributed by atoms with Crippen molar-refractivity contribution in [1.29, 1.82) is 0 Å². The Morgan fingerprint density at radius 2 is 1.46 bits per heavy atom. The molecule has 0 bridgehead atoms. The van der Waals surface area contributed by atoms with Crippen molar-refractivity contribution in [2.75, 3.05) is 24.4 Å². The van der Waals surface area contributed by atoms with Gasteiger partial charge in [-0.3, -0.25) is 14.4 Å². The number of rotatable bonds is 8. The molecule has 0 spiro atoms. The molecule has 0 fully saturated rings. The summed E-state index contributed by atoms with van der Waals surface area (Å²) in [4.78, 5) is 36.7. The highest BCUT2D eigenvalue weighted by molar-refractivity contribution is 6.39. The van der Waals surface area contributed by atoms with Gasteiger partial charge in [0.1, 0.15) is 0 Å². The highest BCUT2D eigenvalue weighted by Gasteiger charge is 2.15. The van der Waals surface area contributed by atoms with Gasteiger partial charge in [0.25, 0.3) is 5.91 Å². The maximum absolute atomic E-state index is 12.4. The molecule has 9 heteroatoms. The number of carbonyl (C=O) groups excluding carboxylic acids is 3. The molecule has 0 radical (unpaired) electrons. The van der Waals surface area contributed by atoms with Crippen LogP contribution in [0.15, 0.2) is 71.8 Å². The number of benzene rings is 3. The number of anilines is 2. The van der Waals surface area contributed by atoms with E-state index in [1.54, 1.807) is 36.4 Å². The minimum absolute atomic E-state index is 0.261. The molecule has 3 aromatic carbocycles. The summed E-state index contributed by atoms with van der Waals surface area (Å²) >= 11 is 0. The number of amides is 3. The van der Waals surface area contributed by atoms with Crippen LogP contribution in [0.1, 0.15) is 16.7 Å². The third kappa shape index (κ3) is 6.91. The zero-order chi connectivity index (χ0) is 25.2. The molecule has 35 heavy (non-hydrogen) atoms. The molecule has 3 N–H and O–H groups in total. The van der Waals surface area contributed by atoms with Crippen LogP contribution >= 0.6 is 0 Å². The average molecular weight is 475 g/mol. The van der Waals surface area contributed by atoms with Crippen LogP contribution < -0.4 is 25.5 Å². The van der Waals surface area contributed by atoms with Gasteiger partial charge in [0.2, 0.25) is 0 Å². The molecule has 0 heterocycles. The van der Waals surface area contributed by atoms with Gasteiger partial charge in [-0.15, -0.1) is 0 Å². The van der Waals surface area contributed by atoms with Crippen molar-refractivity contribution in [3.63, 3.8) is 0 Å². The molecule has 0 saturated heterocycles. The van der Waals surface area contributed by atoms with Gasteiger partial charge in [0, 0.05) is 16.9 Å². The summed E-state index contributed by atoms with van der Waals surface area (Å²) in [5.41, 5.74) is 5.59. The number of hydrazone groups is 1. The van der Waals surface area contributed by atoms with Gasteiger partial charge in [-0.1, -0.05) is 42.5 Å². The van der Waals surface area contributed by atoms with Gasteiger partial charge >= 0.3 is 11.8 Å². The zero-order valence-electron chi connectivity index (χ0n) is 19.6. The van der Waals surface area contributed by atoms with Crippen molar-refractivity contribution in [3.8, 4) is 11.5 Å². The predicted octanol–water partition coefficient (Wildman–Crippen LogP) is 3.42. The summed E-state index contributed by atoms with van der Waals surface area (Å²) in [6, 6.07) is 19.5. The second-order valence-corrected chi connectivity index (χ2v) is 7.50. The molecule has 9 nitrogen and oxygen atoms in total. The van der Waals surface area contributed by atoms with Crippen LogP contribution in [-0.2, 0) is 14.4 Å². The number of aryl methyl sites for hydroxylation is 2. The molecule has 0 aliphatic carbocycles. The predicted molar refractivity (Wildman–Crippen MR) is 134 cm³/mol. The van der Waals surface area contributed by atoms with Crippen LogP contribution in [-0.4, -0.2) is 37.7 Å². The molecule has 3 rings (SSSR count). The van der Waals surface area contributed by atoms with Crippen molar-refractivity contribution < 1.29 is 23.9 Å². The van der Waals surface area contributed by atoms with E-state index in [1.165, 1.54) is 13.3 Å².